The van der Waals surface area contributed by atoms with E-state index < -0.39 is 15.8 Å². The molecule has 0 saturated carbocycles. The highest BCUT2D eigenvalue weighted by Gasteiger charge is 2.26. The van der Waals surface area contributed by atoms with Crippen LogP contribution in [0, 0.1) is 18.2 Å². The minimum absolute atomic E-state index is 0.0728. The van der Waals surface area contributed by atoms with E-state index in [2.05, 4.69) is 11.2 Å². The lowest BCUT2D eigenvalue weighted by Crippen LogP contribution is -2.32. The molecule has 0 aliphatic carbocycles. The molecule has 4 nitrogen and oxygen atoms in total. The maximum absolute atomic E-state index is 13.9. The molecular weight excluding hydrogens is 291 g/mol. The molecule has 0 aliphatic rings. The monoisotopic (exact) mass is 312 g/mol. The molecule has 0 aliphatic heterocycles. The molecule has 0 radical (unpaired) electrons. The second-order valence-corrected chi connectivity index (χ2v) is 6.48. The molecule has 1 N–H and O–H groups in total. The van der Waals surface area contributed by atoms with E-state index >= 15 is 0 Å². The van der Waals surface area contributed by atoms with Crippen LogP contribution in [-0.2, 0) is 16.6 Å². The Kier molecular flexibility index (Phi) is 6.82. The van der Waals surface area contributed by atoms with Gasteiger partial charge in [0.25, 0.3) is 0 Å². The van der Waals surface area contributed by atoms with Crippen molar-refractivity contribution in [2.75, 3.05) is 19.6 Å². The molecule has 21 heavy (non-hydrogen) atoms. The molecule has 0 bridgehead atoms. The van der Waals surface area contributed by atoms with Crippen molar-refractivity contribution in [3.63, 3.8) is 0 Å². The highest BCUT2D eigenvalue weighted by molar-refractivity contribution is 7.89. The maximum atomic E-state index is 13.9. The topological polar surface area (TPSA) is 49.4 Å². The van der Waals surface area contributed by atoms with E-state index in [-0.39, 0.29) is 18.0 Å². The first-order chi connectivity index (χ1) is 9.97. The van der Waals surface area contributed by atoms with E-state index in [9.17, 15) is 12.8 Å². The van der Waals surface area contributed by atoms with Gasteiger partial charge in [0.15, 0.2) is 0 Å². The Morgan fingerprint density at radius 1 is 1.38 bits per heavy atom. The van der Waals surface area contributed by atoms with Crippen LogP contribution in [0.1, 0.15) is 25.8 Å². The third-order valence-electron chi connectivity index (χ3n) is 2.99. The second-order valence-electron chi connectivity index (χ2n) is 4.58. The van der Waals surface area contributed by atoms with E-state index in [4.69, 9.17) is 6.42 Å². The number of terminal acetylenes is 1. The number of nitrogens with zero attached hydrogens (tertiary/aromatic N) is 1. The molecule has 116 valence electrons. The molecule has 0 spiro atoms. The van der Waals surface area contributed by atoms with Crippen LogP contribution in [0.4, 0.5) is 4.39 Å². The van der Waals surface area contributed by atoms with Crippen LogP contribution in [-0.4, -0.2) is 32.4 Å². The number of benzene rings is 1. The van der Waals surface area contributed by atoms with Crippen LogP contribution in [0.5, 0.6) is 0 Å². The molecule has 1 aromatic carbocycles. The summed E-state index contributed by atoms with van der Waals surface area (Å²) in [6.07, 6.45) is 6.14. The first kappa shape index (κ1) is 17.6. The van der Waals surface area contributed by atoms with Crippen molar-refractivity contribution in [2.45, 2.75) is 31.7 Å². The van der Waals surface area contributed by atoms with Crippen molar-refractivity contribution in [3.05, 3.63) is 29.6 Å². The molecule has 0 fully saturated rings. The number of rotatable bonds is 8. The summed E-state index contributed by atoms with van der Waals surface area (Å²) < 4.78 is 39.8. The average Bonchev–Trinajstić information content (AvgIpc) is 2.46. The standard InChI is InChI=1S/C15H21FN2O2S/c1-4-9-17-12-13-7-8-14(16)15(11-13)21(19,20)18(6-3)10-5-2/h2,7-8,11,17H,4,6,9-10,12H2,1,3H3. The highest BCUT2D eigenvalue weighted by Crippen LogP contribution is 2.20. The minimum Gasteiger partial charge on any atom is -0.313 e. The molecular formula is C15H21FN2O2S. The lowest BCUT2D eigenvalue weighted by Gasteiger charge is -2.18. The number of hydrogen-bond acceptors (Lipinski definition) is 3. The summed E-state index contributed by atoms with van der Waals surface area (Å²) in [5, 5.41) is 3.15. The fourth-order valence-corrected chi connectivity index (χ4v) is 3.35. The molecule has 0 heterocycles. The zero-order chi connectivity index (χ0) is 15.9. The van der Waals surface area contributed by atoms with E-state index in [0.29, 0.717) is 6.54 Å². The van der Waals surface area contributed by atoms with Gasteiger partial charge in [-0.1, -0.05) is 25.8 Å². The summed E-state index contributed by atoms with van der Waals surface area (Å²) in [5.41, 5.74) is 0.722. The SMILES string of the molecule is C#CCN(CC)S(=O)(=O)c1cc(CNCCC)ccc1F. The molecule has 6 heteroatoms. The summed E-state index contributed by atoms with van der Waals surface area (Å²) in [5.74, 6) is 1.52. The number of sulfonamides is 1. The largest absolute Gasteiger partial charge is 0.313 e. The van der Waals surface area contributed by atoms with Crippen molar-refractivity contribution in [1.82, 2.24) is 9.62 Å². The lowest BCUT2D eigenvalue weighted by molar-refractivity contribution is 0.457. The Hall–Kier alpha value is -1.42. The van der Waals surface area contributed by atoms with E-state index in [1.54, 1.807) is 13.0 Å². The van der Waals surface area contributed by atoms with Gasteiger partial charge >= 0.3 is 0 Å². The zero-order valence-corrected chi connectivity index (χ0v) is 13.2. The summed E-state index contributed by atoms with van der Waals surface area (Å²) in [4.78, 5) is -0.324. The maximum Gasteiger partial charge on any atom is 0.246 e. The van der Waals surface area contributed by atoms with E-state index in [0.717, 1.165) is 22.8 Å². The second kappa shape index (κ2) is 8.13. The Morgan fingerprint density at radius 2 is 2.10 bits per heavy atom. The van der Waals surface area contributed by atoms with Gasteiger partial charge < -0.3 is 5.32 Å². The van der Waals surface area contributed by atoms with Crippen molar-refractivity contribution in [2.24, 2.45) is 0 Å². The van der Waals surface area contributed by atoms with Crippen molar-refractivity contribution >= 4 is 10.0 Å². The van der Waals surface area contributed by atoms with Crippen LogP contribution < -0.4 is 5.32 Å². The highest BCUT2D eigenvalue weighted by atomic mass is 32.2. The van der Waals surface area contributed by atoms with Crippen molar-refractivity contribution in [3.8, 4) is 12.3 Å². The summed E-state index contributed by atoms with van der Waals surface area (Å²) in [7, 11) is -3.91. The fourth-order valence-electron chi connectivity index (χ4n) is 1.87. The van der Waals surface area contributed by atoms with Gasteiger partial charge in [0, 0.05) is 13.1 Å². The summed E-state index contributed by atoms with van der Waals surface area (Å²) >= 11 is 0. The van der Waals surface area contributed by atoms with Gasteiger partial charge in [-0.2, -0.15) is 4.31 Å². The van der Waals surface area contributed by atoms with Gasteiger partial charge in [0.2, 0.25) is 10.0 Å². The van der Waals surface area contributed by atoms with Gasteiger partial charge in [0.1, 0.15) is 10.7 Å². The molecule has 0 saturated heterocycles. The predicted molar refractivity (Wildman–Crippen MR) is 81.7 cm³/mol. The molecule has 1 rings (SSSR count). The number of halogens is 1. The Bertz CT molecular complexity index is 609. The minimum atomic E-state index is -3.91. The normalized spacial score (nSPS) is 11.6. The summed E-state index contributed by atoms with van der Waals surface area (Å²) in [6.45, 7) is 5.14. The Balaban J connectivity index is 3.10. The fraction of sp³-hybridized carbons (Fsp3) is 0.467. The third-order valence-corrected chi connectivity index (χ3v) is 4.93. The van der Waals surface area contributed by atoms with Gasteiger partial charge in [-0.05, 0) is 30.7 Å². The summed E-state index contributed by atoms with van der Waals surface area (Å²) in [6, 6.07) is 4.13. The molecule has 0 aromatic heterocycles. The first-order valence-corrected chi connectivity index (χ1v) is 8.34. The molecule has 0 amide bonds. The quantitative estimate of drug-likeness (QED) is 0.590. The van der Waals surface area contributed by atoms with Gasteiger partial charge in [-0.3, -0.25) is 0 Å². The smallest absolute Gasteiger partial charge is 0.246 e. The lowest BCUT2D eigenvalue weighted by atomic mass is 10.2. The van der Waals surface area contributed by atoms with Crippen LogP contribution >= 0.6 is 0 Å². The molecule has 0 atom stereocenters. The molecule has 1 aromatic rings. The van der Waals surface area contributed by atoms with E-state index in [1.165, 1.54) is 12.1 Å². The average molecular weight is 312 g/mol. The first-order valence-electron chi connectivity index (χ1n) is 6.90. The predicted octanol–water partition coefficient (Wildman–Crippen LogP) is 1.97. The van der Waals surface area contributed by atoms with Crippen LogP contribution in [0.25, 0.3) is 0 Å². The van der Waals surface area contributed by atoms with Crippen molar-refractivity contribution in [1.29, 1.82) is 0 Å². The van der Waals surface area contributed by atoms with E-state index in [1.807, 2.05) is 6.92 Å². The Labute approximate surface area is 126 Å². The van der Waals surface area contributed by atoms with Crippen LogP contribution in [0.15, 0.2) is 23.1 Å². The van der Waals surface area contributed by atoms with Crippen molar-refractivity contribution < 1.29 is 12.8 Å². The van der Waals surface area contributed by atoms with Crippen LogP contribution in [0.2, 0.25) is 0 Å². The van der Waals surface area contributed by atoms with Gasteiger partial charge in [0.05, 0.1) is 6.54 Å². The number of nitrogens with one attached hydrogen (secondary N) is 1. The zero-order valence-electron chi connectivity index (χ0n) is 12.4. The van der Waals surface area contributed by atoms with Crippen LogP contribution in [0.3, 0.4) is 0 Å². The third kappa shape index (κ3) is 4.53. The number of hydrogen-bond donors (Lipinski definition) is 1. The van der Waals surface area contributed by atoms with Gasteiger partial charge in [-0.15, -0.1) is 6.42 Å². The Morgan fingerprint density at radius 3 is 2.67 bits per heavy atom. The molecule has 0 unspecified atom stereocenters. The van der Waals surface area contributed by atoms with Gasteiger partial charge in [-0.25, -0.2) is 12.8 Å².